The zero-order valence-corrected chi connectivity index (χ0v) is 39.1. The van der Waals surface area contributed by atoms with Crippen molar-refractivity contribution in [1.29, 1.82) is 0 Å². The summed E-state index contributed by atoms with van der Waals surface area (Å²) in [5, 5.41) is 0. The van der Waals surface area contributed by atoms with Gasteiger partial charge in [0.15, 0.2) is 18.7 Å². The number of benzene rings is 6. The second-order valence-electron chi connectivity index (χ2n) is 17.0. The molecule has 0 aliphatic carbocycles. The summed E-state index contributed by atoms with van der Waals surface area (Å²) in [5.74, 6) is -0.570. The van der Waals surface area contributed by atoms with E-state index in [9.17, 15) is 4.79 Å². The molecule has 10 atom stereocenters. The summed E-state index contributed by atoms with van der Waals surface area (Å²) in [7, 11) is 1.58. The first-order valence-electron chi connectivity index (χ1n) is 23.5. The van der Waals surface area contributed by atoms with Gasteiger partial charge >= 0.3 is 5.97 Å². The molecule has 6 aromatic rings. The van der Waals surface area contributed by atoms with E-state index in [-0.39, 0.29) is 46.2 Å². The van der Waals surface area contributed by atoms with Crippen molar-refractivity contribution in [3.63, 3.8) is 0 Å². The average Bonchev–Trinajstić information content (AvgIpc) is 3.52. The Bertz CT molecular complexity index is 2350. The maximum atomic E-state index is 13.4. The van der Waals surface area contributed by atoms with Crippen molar-refractivity contribution in [2.45, 2.75) is 108 Å². The number of carbonyl (C=O) groups excluding carboxylic acids is 1. The zero-order chi connectivity index (χ0) is 47.5. The van der Waals surface area contributed by atoms with E-state index in [1.807, 2.05) is 182 Å². The third-order valence-corrected chi connectivity index (χ3v) is 12.0. The molecule has 0 unspecified atom stereocenters. The van der Waals surface area contributed by atoms with Crippen LogP contribution in [0.2, 0.25) is 0 Å². The Hall–Kier alpha value is -5.61. The van der Waals surface area contributed by atoms with Crippen molar-refractivity contribution in [1.82, 2.24) is 0 Å². The van der Waals surface area contributed by atoms with E-state index in [0.29, 0.717) is 6.61 Å². The summed E-state index contributed by atoms with van der Waals surface area (Å²) in [4.78, 5) is 13.4. The Morgan fingerprint density at radius 2 is 0.826 bits per heavy atom. The normalized spacial score (nSPS) is 24.8. The lowest BCUT2D eigenvalue weighted by atomic mass is 9.97. The molecule has 362 valence electrons. The molecule has 0 radical (unpaired) electrons. The Morgan fingerprint density at radius 3 is 1.25 bits per heavy atom. The molecule has 0 N–H and O–H groups in total. The molecule has 12 heteroatoms. The Kier molecular flexibility index (Phi) is 19.0. The van der Waals surface area contributed by atoms with Crippen molar-refractivity contribution in [3.8, 4) is 0 Å². The Labute approximate surface area is 405 Å². The molecule has 12 nitrogen and oxygen atoms in total. The van der Waals surface area contributed by atoms with Crippen LogP contribution < -0.4 is 0 Å². The van der Waals surface area contributed by atoms with Crippen molar-refractivity contribution in [2.75, 3.05) is 20.3 Å². The van der Waals surface area contributed by atoms with Crippen LogP contribution in [-0.2, 0) is 96.5 Å². The summed E-state index contributed by atoms with van der Waals surface area (Å²) in [5.41, 5.74) is 5.67. The molecule has 0 aromatic heterocycles. The van der Waals surface area contributed by atoms with Crippen molar-refractivity contribution in [2.24, 2.45) is 0 Å². The third-order valence-electron chi connectivity index (χ3n) is 12.0. The van der Waals surface area contributed by atoms with Crippen molar-refractivity contribution >= 4 is 5.97 Å². The van der Waals surface area contributed by atoms with Crippen LogP contribution in [0.15, 0.2) is 182 Å². The van der Waals surface area contributed by atoms with E-state index in [1.165, 1.54) is 6.92 Å². The number of rotatable bonds is 23. The molecule has 0 bridgehead atoms. The second-order valence-corrected chi connectivity index (χ2v) is 17.0. The van der Waals surface area contributed by atoms with Gasteiger partial charge in [-0.25, -0.2) is 0 Å². The molecule has 0 saturated carbocycles. The van der Waals surface area contributed by atoms with Gasteiger partial charge in [-0.15, -0.1) is 0 Å². The standard InChI is InChI=1S/C57H62O12/c1-41(58)67-55-52(63-36-45-27-15-6-16-28-45)50(62-35-44-25-13-5-14-26-44)48(61-34-43-23-11-4-12-24-43)40-66-57(55)69-51-49(39-60-33-42-21-9-3-10-22-42)68-56(59-2)54(65-38-47-31-19-8-20-32-47)53(51)64-37-46-29-17-7-18-30-46/h3-32,48-57H,33-40H2,1-2H3/t48-,49-,50+,51-,52-,53+,54-,55+,56+,57-/m1/s1. The number of carbonyl (C=O) groups is 1. The summed E-state index contributed by atoms with van der Waals surface area (Å²) < 4.78 is 73.8. The lowest BCUT2D eigenvalue weighted by molar-refractivity contribution is -0.348. The molecule has 2 aliphatic heterocycles. The molecule has 6 aromatic carbocycles. The van der Waals surface area contributed by atoms with Crippen LogP contribution in [0.1, 0.15) is 40.3 Å². The lowest BCUT2D eigenvalue weighted by Crippen LogP contribution is -2.63. The van der Waals surface area contributed by atoms with Gasteiger partial charge in [-0.3, -0.25) is 4.79 Å². The van der Waals surface area contributed by atoms with Crippen molar-refractivity contribution < 1.29 is 56.9 Å². The van der Waals surface area contributed by atoms with Crippen LogP contribution in [0, 0.1) is 0 Å². The zero-order valence-electron chi connectivity index (χ0n) is 39.1. The predicted octanol–water partition coefficient (Wildman–Crippen LogP) is 9.17. The number of hydrogen-bond acceptors (Lipinski definition) is 12. The highest BCUT2D eigenvalue weighted by atomic mass is 16.8. The van der Waals surface area contributed by atoms with Crippen molar-refractivity contribution in [3.05, 3.63) is 215 Å². The molecule has 0 amide bonds. The highest BCUT2D eigenvalue weighted by Gasteiger charge is 2.53. The van der Waals surface area contributed by atoms with Crippen LogP contribution in [0.3, 0.4) is 0 Å². The third kappa shape index (κ3) is 14.7. The SMILES string of the molecule is CO[C@H]1O[C@H](COCc2ccccc2)[C@@H](O[C@H]2OC[C@@H](OCc3ccccc3)[C@H](OCc3ccccc3)[C@@H](OCc3ccccc3)[C@@H]2OC(C)=O)[C@H](OCc2ccccc2)[C@H]1OCc1ccccc1. The molecule has 69 heavy (non-hydrogen) atoms. The fourth-order valence-corrected chi connectivity index (χ4v) is 8.50. The average molecular weight is 939 g/mol. The van der Waals surface area contributed by atoms with Gasteiger partial charge in [-0.2, -0.15) is 0 Å². The number of methoxy groups -OCH3 is 1. The summed E-state index contributed by atoms with van der Waals surface area (Å²) in [6.07, 6.45) is -9.32. The van der Waals surface area contributed by atoms with E-state index in [4.69, 9.17) is 52.1 Å². The van der Waals surface area contributed by atoms with Gasteiger partial charge in [-0.1, -0.05) is 182 Å². The minimum absolute atomic E-state index is 0.0210. The summed E-state index contributed by atoms with van der Waals surface area (Å²) in [6.45, 7) is 2.76. The van der Waals surface area contributed by atoms with Gasteiger partial charge in [0.2, 0.25) is 0 Å². The smallest absolute Gasteiger partial charge is 0.303 e. The molecular weight excluding hydrogens is 877 g/mol. The van der Waals surface area contributed by atoms with Gasteiger partial charge < -0.3 is 52.1 Å². The highest BCUT2D eigenvalue weighted by molar-refractivity contribution is 5.66. The molecule has 2 saturated heterocycles. The molecular formula is C57H62O12. The predicted molar refractivity (Wildman–Crippen MR) is 257 cm³/mol. The highest BCUT2D eigenvalue weighted by Crippen LogP contribution is 2.35. The first-order chi connectivity index (χ1) is 34.0. The Balaban J connectivity index is 1.18. The monoisotopic (exact) mass is 938 g/mol. The maximum absolute atomic E-state index is 13.4. The fourth-order valence-electron chi connectivity index (χ4n) is 8.50. The number of ether oxygens (including phenoxy) is 11. The number of hydrogen-bond donors (Lipinski definition) is 0. The maximum Gasteiger partial charge on any atom is 0.303 e. The number of esters is 1. The largest absolute Gasteiger partial charge is 0.454 e. The van der Waals surface area contributed by atoms with Gasteiger partial charge in [0.05, 0.1) is 52.9 Å². The van der Waals surface area contributed by atoms with Gasteiger partial charge in [-0.05, 0) is 33.4 Å². The van der Waals surface area contributed by atoms with Gasteiger partial charge in [0.25, 0.3) is 0 Å². The topological polar surface area (TPSA) is 119 Å². The molecule has 8 rings (SSSR count). The quantitative estimate of drug-likeness (QED) is 0.0571. The molecule has 2 fully saturated rings. The van der Waals surface area contributed by atoms with E-state index >= 15 is 0 Å². The van der Waals surface area contributed by atoms with Crippen LogP contribution in [0.5, 0.6) is 0 Å². The minimum atomic E-state index is -1.27. The van der Waals surface area contributed by atoms with Crippen LogP contribution in [-0.4, -0.2) is 87.7 Å². The molecule has 2 heterocycles. The van der Waals surface area contributed by atoms with E-state index in [1.54, 1.807) is 7.11 Å². The fraction of sp³-hybridized carbons (Fsp3) is 0.351. The molecule has 0 spiro atoms. The minimum Gasteiger partial charge on any atom is -0.454 e. The summed E-state index contributed by atoms with van der Waals surface area (Å²) in [6, 6.07) is 59.1. The second kappa shape index (κ2) is 26.4. The summed E-state index contributed by atoms with van der Waals surface area (Å²) >= 11 is 0. The van der Waals surface area contributed by atoms with Gasteiger partial charge in [0.1, 0.15) is 42.7 Å². The van der Waals surface area contributed by atoms with Crippen LogP contribution >= 0.6 is 0 Å². The van der Waals surface area contributed by atoms with Gasteiger partial charge in [0, 0.05) is 14.0 Å². The lowest BCUT2D eigenvalue weighted by Gasteiger charge is -2.47. The van der Waals surface area contributed by atoms with Crippen LogP contribution in [0.25, 0.3) is 0 Å². The Morgan fingerprint density at radius 1 is 0.449 bits per heavy atom. The van der Waals surface area contributed by atoms with E-state index in [2.05, 4.69) is 0 Å². The van der Waals surface area contributed by atoms with E-state index < -0.39 is 67.4 Å². The first-order valence-corrected chi connectivity index (χ1v) is 23.5. The van der Waals surface area contributed by atoms with Crippen LogP contribution in [0.4, 0.5) is 0 Å². The molecule has 2 aliphatic rings. The van der Waals surface area contributed by atoms with E-state index in [0.717, 1.165) is 33.4 Å². The first kappa shape index (κ1) is 49.8.